The van der Waals surface area contributed by atoms with Crippen molar-refractivity contribution in [3.05, 3.63) is 41.9 Å². The van der Waals surface area contributed by atoms with Gasteiger partial charge in [-0.2, -0.15) is 5.10 Å². The first-order chi connectivity index (χ1) is 9.11. The Kier molecular flexibility index (Phi) is 3.91. The number of pyridine rings is 1. The molecule has 0 aliphatic carbocycles. The number of hydrogen-bond donors (Lipinski definition) is 1. The number of nitrogens with zero attached hydrogens (tertiary/aromatic N) is 3. The maximum atomic E-state index is 11.5. The SMILES string of the molecule is CCOC(=O)c1cnn(-c2ccc([C@@H](C)N)cn2)c1. The molecule has 0 saturated heterocycles. The maximum absolute atomic E-state index is 11.5. The largest absolute Gasteiger partial charge is 0.462 e. The normalized spacial score (nSPS) is 12.2. The van der Waals surface area contributed by atoms with E-state index in [4.69, 9.17) is 10.5 Å². The lowest BCUT2D eigenvalue weighted by Crippen LogP contribution is -2.06. The van der Waals surface area contributed by atoms with Crippen LogP contribution in [0.5, 0.6) is 0 Å². The Hall–Kier alpha value is -2.21. The molecule has 6 heteroatoms. The second kappa shape index (κ2) is 5.62. The van der Waals surface area contributed by atoms with Gasteiger partial charge in [0.05, 0.1) is 18.4 Å². The van der Waals surface area contributed by atoms with Crippen molar-refractivity contribution in [3.63, 3.8) is 0 Å². The van der Waals surface area contributed by atoms with Crippen molar-refractivity contribution in [2.24, 2.45) is 5.73 Å². The van der Waals surface area contributed by atoms with Gasteiger partial charge in [-0.1, -0.05) is 6.07 Å². The molecule has 6 nitrogen and oxygen atoms in total. The Bertz CT molecular complexity index is 560. The van der Waals surface area contributed by atoms with Gasteiger partial charge in [-0.25, -0.2) is 14.5 Å². The lowest BCUT2D eigenvalue weighted by molar-refractivity contribution is 0.0526. The molecule has 2 heterocycles. The highest BCUT2D eigenvalue weighted by molar-refractivity contribution is 5.88. The molecule has 0 bridgehead atoms. The van der Waals surface area contributed by atoms with Gasteiger partial charge >= 0.3 is 5.97 Å². The summed E-state index contributed by atoms with van der Waals surface area (Å²) >= 11 is 0. The third kappa shape index (κ3) is 2.97. The van der Waals surface area contributed by atoms with Gasteiger partial charge in [0.1, 0.15) is 0 Å². The molecule has 2 aromatic heterocycles. The lowest BCUT2D eigenvalue weighted by Gasteiger charge is -2.05. The van der Waals surface area contributed by atoms with Crippen LogP contribution < -0.4 is 5.73 Å². The molecule has 0 radical (unpaired) electrons. The topological polar surface area (TPSA) is 83.0 Å². The van der Waals surface area contributed by atoms with Crippen molar-refractivity contribution < 1.29 is 9.53 Å². The number of carbonyl (C=O) groups excluding carboxylic acids is 1. The molecule has 2 N–H and O–H groups in total. The summed E-state index contributed by atoms with van der Waals surface area (Å²) in [5.74, 6) is 0.237. The summed E-state index contributed by atoms with van der Waals surface area (Å²) < 4.78 is 6.42. The standard InChI is InChI=1S/C13H16N4O2/c1-3-19-13(18)11-7-16-17(8-11)12-5-4-10(6-15-12)9(2)14/h4-9H,3,14H2,1-2H3/t9-/m1/s1. The number of esters is 1. The van der Waals surface area contributed by atoms with Crippen molar-refractivity contribution in [1.82, 2.24) is 14.8 Å². The molecule has 100 valence electrons. The van der Waals surface area contributed by atoms with E-state index in [0.717, 1.165) is 5.56 Å². The molecular weight excluding hydrogens is 244 g/mol. The van der Waals surface area contributed by atoms with E-state index in [1.807, 2.05) is 13.0 Å². The average Bonchev–Trinajstić information content (AvgIpc) is 2.89. The Morgan fingerprint density at radius 1 is 1.47 bits per heavy atom. The summed E-state index contributed by atoms with van der Waals surface area (Å²) in [6, 6.07) is 3.63. The van der Waals surface area contributed by atoms with Crippen LogP contribution >= 0.6 is 0 Å². The van der Waals surface area contributed by atoms with Gasteiger partial charge in [-0.3, -0.25) is 0 Å². The first kappa shape index (κ1) is 13.2. The number of ether oxygens (including phenoxy) is 1. The van der Waals surface area contributed by atoms with Gasteiger partial charge in [-0.15, -0.1) is 0 Å². The van der Waals surface area contributed by atoms with Crippen LogP contribution in [0.1, 0.15) is 35.8 Å². The highest BCUT2D eigenvalue weighted by Gasteiger charge is 2.10. The van der Waals surface area contributed by atoms with Crippen LogP contribution in [0, 0.1) is 0 Å². The number of aromatic nitrogens is 3. The van der Waals surface area contributed by atoms with Gasteiger partial charge in [0.25, 0.3) is 0 Å². The molecule has 2 aromatic rings. The highest BCUT2D eigenvalue weighted by Crippen LogP contribution is 2.11. The van der Waals surface area contributed by atoms with Crippen LogP contribution in [0.2, 0.25) is 0 Å². The summed E-state index contributed by atoms with van der Waals surface area (Å²) in [5.41, 5.74) is 7.10. The monoisotopic (exact) mass is 260 g/mol. The summed E-state index contributed by atoms with van der Waals surface area (Å²) in [7, 11) is 0. The third-order valence-electron chi connectivity index (χ3n) is 2.62. The second-order valence-electron chi connectivity index (χ2n) is 4.13. The summed E-state index contributed by atoms with van der Waals surface area (Å²) in [4.78, 5) is 15.8. The molecule has 0 amide bonds. The fourth-order valence-electron chi connectivity index (χ4n) is 1.57. The predicted octanol–water partition coefficient (Wildman–Crippen LogP) is 1.46. The van der Waals surface area contributed by atoms with Gasteiger partial charge in [0, 0.05) is 18.4 Å². The summed E-state index contributed by atoms with van der Waals surface area (Å²) in [6.45, 7) is 3.99. The minimum absolute atomic E-state index is 0.0609. The van der Waals surface area contributed by atoms with Crippen molar-refractivity contribution in [2.75, 3.05) is 6.61 Å². The predicted molar refractivity (Wildman–Crippen MR) is 69.9 cm³/mol. The first-order valence-corrected chi connectivity index (χ1v) is 6.05. The maximum Gasteiger partial charge on any atom is 0.341 e. The van der Waals surface area contributed by atoms with E-state index in [-0.39, 0.29) is 12.0 Å². The molecule has 19 heavy (non-hydrogen) atoms. The van der Waals surface area contributed by atoms with Crippen molar-refractivity contribution >= 4 is 5.97 Å². The van der Waals surface area contributed by atoms with E-state index in [1.54, 1.807) is 25.4 Å². The molecule has 2 rings (SSSR count). The van der Waals surface area contributed by atoms with E-state index >= 15 is 0 Å². The zero-order valence-corrected chi connectivity index (χ0v) is 10.9. The quantitative estimate of drug-likeness (QED) is 0.841. The van der Waals surface area contributed by atoms with Crippen LogP contribution in [0.15, 0.2) is 30.7 Å². The molecule has 0 aromatic carbocycles. The molecule has 0 saturated carbocycles. The van der Waals surface area contributed by atoms with Crippen LogP contribution in [0.3, 0.4) is 0 Å². The summed E-state index contributed by atoms with van der Waals surface area (Å²) in [5, 5.41) is 4.09. The van der Waals surface area contributed by atoms with Gasteiger partial charge in [-0.05, 0) is 25.5 Å². The minimum Gasteiger partial charge on any atom is -0.462 e. The van der Waals surface area contributed by atoms with Crippen molar-refractivity contribution in [2.45, 2.75) is 19.9 Å². The fourth-order valence-corrected chi connectivity index (χ4v) is 1.57. The minimum atomic E-state index is -0.388. The Balaban J connectivity index is 2.20. The fraction of sp³-hybridized carbons (Fsp3) is 0.308. The van der Waals surface area contributed by atoms with Crippen molar-refractivity contribution in [1.29, 1.82) is 0 Å². The van der Waals surface area contributed by atoms with Crippen LogP contribution in [0.4, 0.5) is 0 Å². The molecule has 0 spiro atoms. The van der Waals surface area contributed by atoms with E-state index in [9.17, 15) is 4.79 Å². The van der Waals surface area contributed by atoms with Crippen LogP contribution in [0.25, 0.3) is 5.82 Å². The zero-order chi connectivity index (χ0) is 13.8. The van der Waals surface area contributed by atoms with Gasteiger partial charge in [0.2, 0.25) is 0 Å². The van der Waals surface area contributed by atoms with Crippen molar-refractivity contribution in [3.8, 4) is 5.82 Å². The van der Waals surface area contributed by atoms with Gasteiger partial charge in [0.15, 0.2) is 5.82 Å². The van der Waals surface area contributed by atoms with E-state index < -0.39 is 0 Å². The van der Waals surface area contributed by atoms with E-state index in [2.05, 4.69) is 10.1 Å². The van der Waals surface area contributed by atoms with Gasteiger partial charge < -0.3 is 10.5 Å². The number of nitrogens with two attached hydrogens (primary N) is 1. The second-order valence-corrected chi connectivity index (χ2v) is 4.13. The Morgan fingerprint density at radius 2 is 2.26 bits per heavy atom. The van der Waals surface area contributed by atoms with E-state index in [0.29, 0.717) is 18.0 Å². The van der Waals surface area contributed by atoms with Crippen LogP contribution in [-0.4, -0.2) is 27.3 Å². The average molecular weight is 260 g/mol. The number of rotatable bonds is 4. The van der Waals surface area contributed by atoms with E-state index in [1.165, 1.54) is 10.9 Å². The highest BCUT2D eigenvalue weighted by atomic mass is 16.5. The Labute approximate surface area is 111 Å². The molecule has 0 aliphatic rings. The molecule has 0 unspecified atom stereocenters. The molecule has 0 fully saturated rings. The first-order valence-electron chi connectivity index (χ1n) is 6.05. The Morgan fingerprint density at radius 3 is 2.84 bits per heavy atom. The molecule has 0 aliphatic heterocycles. The van der Waals surface area contributed by atoms with Crippen LogP contribution in [-0.2, 0) is 4.74 Å². The zero-order valence-electron chi connectivity index (χ0n) is 10.9. The number of hydrogen-bond acceptors (Lipinski definition) is 5. The summed E-state index contributed by atoms with van der Waals surface area (Å²) in [6.07, 6.45) is 4.75. The molecule has 1 atom stereocenters. The lowest BCUT2D eigenvalue weighted by atomic mass is 10.2. The number of carbonyl (C=O) groups is 1. The smallest absolute Gasteiger partial charge is 0.341 e. The molecular formula is C13H16N4O2. The third-order valence-corrected chi connectivity index (χ3v) is 2.62.